The molecule has 0 aromatic rings. The van der Waals surface area contributed by atoms with E-state index in [2.05, 4.69) is 25.7 Å². The molecule has 1 aliphatic rings. The van der Waals surface area contributed by atoms with Crippen LogP contribution in [0.2, 0.25) is 0 Å². The van der Waals surface area contributed by atoms with Gasteiger partial charge in [0, 0.05) is 5.41 Å². The second-order valence-electron chi connectivity index (χ2n) is 4.12. The summed E-state index contributed by atoms with van der Waals surface area (Å²) in [6.45, 7) is 10.6. The van der Waals surface area contributed by atoms with E-state index in [9.17, 15) is 0 Å². The van der Waals surface area contributed by atoms with E-state index < -0.39 is 0 Å². The zero-order valence-corrected chi connectivity index (χ0v) is 9.91. The molecule has 84 valence electrons. The maximum absolute atomic E-state index is 3.33. The number of hydrogen-bond acceptors (Lipinski definition) is 0. The Hall–Kier alpha value is -0.440. The third kappa shape index (κ3) is 5.32. The summed E-state index contributed by atoms with van der Waals surface area (Å²) in [6, 6.07) is 0. The van der Waals surface area contributed by atoms with Gasteiger partial charge in [-0.3, -0.25) is 0 Å². The SMILES string of the molecule is C.CC.CC#CC1(C)CCC(C)CC1. The fourth-order valence-electron chi connectivity index (χ4n) is 1.83. The molecule has 0 aliphatic heterocycles. The normalized spacial score (nSPS) is 29.9. The van der Waals surface area contributed by atoms with E-state index in [-0.39, 0.29) is 7.43 Å². The Balaban J connectivity index is 0. The summed E-state index contributed by atoms with van der Waals surface area (Å²) in [5, 5.41) is 0. The van der Waals surface area contributed by atoms with Gasteiger partial charge in [-0.15, -0.1) is 5.92 Å². The topological polar surface area (TPSA) is 0 Å². The van der Waals surface area contributed by atoms with Crippen LogP contribution in [-0.2, 0) is 0 Å². The summed E-state index contributed by atoms with van der Waals surface area (Å²) in [6.07, 6.45) is 5.33. The van der Waals surface area contributed by atoms with Crippen molar-refractivity contribution in [1.29, 1.82) is 0 Å². The van der Waals surface area contributed by atoms with Crippen LogP contribution in [-0.4, -0.2) is 0 Å². The predicted molar refractivity (Wildman–Crippen MR) is 67.3 cm³/mol. The number of rotatable bonds is 0. The van der Waals surface area contributed by atoms with Gasteiger partial charge in [0.05, 0.1) is 0 Å². The minimum absolute atomic E-state index is 0. The molecule has 0 N–H and O–H groups in total. The van der Waals surface area contributed by atoms with E-state index in [0.29, 0.717) is 5.41 Å². The van der Waals surface area contributed by atoms with Gasteiger partial charge in [0.15, 0.2) is 0 Å². The van der Waals surface area contributed by atoms with Crippen LogP contribution >= 0.6 is 0 Å². The molecule has 0 saturated heterocycles. The maximum Gasteiger partial charge on any atom is 0.0286 e. The second-order valence-corrected chi connectivity index (χ2v) is 4.12. The predicted octanol–water partition coefficient (Wildman–Crippen LogP) is 4.89. The van der Waals surface area contributed by atoms with Crippen LogP contribution in [0, 0.1) is 23.2 Å². The monoisotopic (exact) mass is 196 g/mol. The Labute approximate surface area is 91.5 Å². The molecule has 0 radical (unpaired) electrons. The molecule has 0 heterocycles. The van der Waals surface area contributed by atoms with Gasteiger partial charge in [-0.05, 0) is 45.4 Å². The molecule has 0 aromatic carbocycles. The van der Waals surface area contributed by atoms with Gasteiger partial charge in [0.1, 0.15) is 0 Å². The van der Waals surface area contributed by atoms with E-state index in [1.807, 2.05) is 20.8 Å². The molecule has 0 unspecified atom stereocenters. The summed E-state index contributed by atoms with van der Waals surface area (Å²) >= 11 is 0. The van der Waals surface area contributed by atoms with Gasteiger partial charge >= 0.3 is 0 Å². The highest BCUT2D eigenvalue weighted by Crippen LogP contribution is 2.37. The standard InChI is InChI=1S/C11H18.C2H6.CH4/c1-4-7-11(3)8-5-10(2)6-9-11;1-2;/h10H,5-6,8-9H2,1-3H3;1-2H3;1H4. The average Bonchev–Trinajstić information content (AvgIpc) is 2.15. The Morgan fingerprint density at radius 2 is 1.57 bits per heavy atom. The summed E-state index contributed by atoms with van der Waals surface area (Å²) < 4.78 is 0. The first-order valence-electron chi connectivity index (χ1n) is 5.60. The molecule has 0 atom stereocenters. The molecule has 0 heteroatoms. The van der Waals surface area contributed by atoms with Crippen LogP contribution in [0.15, 0.2) is 0 Å². The minimum atomic E-state index is 0. The lowest BCUT2D eigenvalue weighted by atomic mass is 9.73. The molecule has 0 nitrogen and oxygen atoms in total. The molecular formula is C14H28. The summed E-state index contributed by atoms with van der Waals surface area (Å²) in [5.41, 5.74) is 0.348. The third-order valence-electron chi connectivity index (χ3n) is 2.80. The molecule has 0 amide bonds. The van der Waals surface area contributed by atoms with Gasteiger partial charge in [0.25, 0.3) is 0 Å². The van der Waals surface area contributed by atoms with Crippen molar-refractivity contribution in [3.8, 4) is 11.8 Å². The van der Waals surface area contributed by atoms with Crippen LogP contribution in [0.3, 0.4) is 0 Å². The van der Waals surface area contributed by atoms with E-state index in [1.54, 1.807) is 0 Å². The van der Waals surface area contributed by atoms with E-state index in [1.165, 1.54) is 25.7 Å². The highest BCUT2D eigenvalue weighted by atomic mass is 14.3. The molecule has 14 heavy (non-hydrogen) atoms. The zero-order chi connectivity index (χ0) is 10.3. The molecule has 0 aromatic heterocycles. The van der Waals surface area contributed by atoms with Crippen molar-refractivity contribution in [2.75, 3.05) is 0 Å². The summed E-state index contributed by atoms with van der Waals surface area (Å²) in [5.74, 6) is 7.31. The minimum Gasteiger partial charge on any atom is -0.106 e. The lowest BCUT2D eigenvalue weighted by Gasteiger charge is -2.31. The first-order chi connectivity index (χ1) is 6.16. The zero-order valence-electron chi connectivity index (χ0n) is 9.91. The van der Waals surface area contributed by atoms with E-state index in [4.69, 9.17) is 0 Å². The first kappa shape index (κ1) is 16.0. The molecule has 1 rings (SSSR count). The van der Waals surface area contributed by atoms with Crippen molar-refractivity contribution in [3.63, 3.8) is 0 Å². The van der Waals surface area contributed by atoms with Gasteiger partial charge in [-0.1, -0.05) is 34.1 Å². The molecule has 0 spiro atoms. The Kier molecular flexibility index (Phi) is 9.05. The van der Waals surface area contributed by atoms with Crippen molar-refractivity contribution in [1.82, 2.24) is 0 Å². The molecule has 1 fully saturated rings. The summed E-state index contributed by atoms with van der Waals surface area (Å²) in [4.78, 5) is 0. The maximum atomic E-state index is 3.33. The van der Waals surface area contributed by atoms with E-state index >= 15 is 0 Å². The average molecular weight is 196 g/mol. The van der Waals surface area contributed by atoms with Crippen molar-refractivity contribution in [2.24, 2.45) is 11.3 Å². The largest absolute Gasteiger partial charge is 0.106 e. The van der Waals surface area contributed by atoms with Crippen molar-refractivity contribution in [2.45, 2.75) is 67.7 Å². The van der Waals surface area contributed by atoms with Crippen molar-refractivity contribution < 1.29 is 0 Å². The van der Waals surface area contributed by atoms with Crippen LogP contribution in [0.25, 0.3) is 0 Å². The highest BCUT2D eigenvalue weighted by molar-refractivity contribution is 5.09. The van der Waals surface area contributed by atoms with Crippen LogP contribution in [0.4, 0.5) is 0 Å². The smallest absolute Gasteiger partial charge is 0.0286 e. The third-order valence-corrected chi connectivity index (χ3v) is 2.80. The lowest BCUT2D eigenvalue weighted by molar-refractivity contribution is 0.244. The highest BCUT2D eigenvalue weighted by Gasteiger charge is 2.27. The van der Waals surface area contributed by atoms with Gasteiger partial charge in [-0.25, -0.2) is 0 Å². The lowest BCUT2D eigenvalue weighted by Crippen LogP contribution is -2.21. The Bertz CT molecular complexity index is 172. The Morgan fingerprint density at radius 3 is 1.93 bits per heavy atom. The fourth-order valence-corrected chi connectivity index (χ4v) is 1.83. The van der Waals surface area contributed by atoms with Gasteiger partial charge < -0.3 is 0 Å². The molecule has 0 bridgehead atoms. The molecule has 1 saturated carbocycles. The van der Waals surface area contributed by atoms with Crippen LogP contribution in [0.5, 0.6) is 0 Å². The second kappa shape index (κ2) is 7.92. The van der Waals surface area contributed by atoms with Crippen molar-refractivity contribution in [3.05, 3.63) is 0 Å². The van der Waals surface area contributed by atoms with E-state index in [0.717, 1.165) is 5.92 Å². The van der Waals surface area contributed by atoms with Crippen LogP contribution in [0.1, 0.15) is 67.7 Å². The van der Waals surface area contributed by atoms with Crippen LogP contribution < -0.4 is 0 Å². The van der Waals surface area contributed by atoms with Gasteiger partial charge in [0.2, 0.25) is 0 Å². The van der Waals surface area contributed by atoms with Crippen molar-refractivity contribution >= 4 is 0 Å². The summed E-state index contributed by atoms with van der Waals surface area (Å²) in [7, 11) is 0. The first-order valence-corrected chi connectivity index (χ1v) is 5.60. The molecule has 1 aliphatic carbocycles. The fraction of sp³-hybridized carbons (Fsp3) is 0.857. The molecular weight excluding hydrogens is 168 g/mol. The number of hydrogen-bond donors (Lipinski definition) is 0. The van der Waals surface area contributed by atoms with Gasteiger partial charge in [-0.2, -0.15) is 0 Å². The quantitative estimate of drug-likeness (QED) is 0.484. The Morgan fingerprint density at radius 1 is 1.14 bits per heavy atom.